The van der Waals surface area contributed by atoms with Crippen LogP contribution in [0.25, 0.3) is 0 Å². The Hall–Kier alpha value is -2.04. The van der Waals surface area contributed by atoms with Crippen LogP contribution in [-0.4, -0.2) is 23.6 Å². The molecule has 5 heteroatoms. The Labute approximate surface area is 86.5 Å². The van der Waals surface area contributed by atoms with E-state index in [1.54, 1.807) is 19.1 Å². The fourth-order valence-corrected chi connectivity index (χ4v) is 1.10. The molecule has 0 radical (unpaired) electrons. The van der Waals surface area contributed by atoms with Crippen molar-refractivity contribution in [2.45, 2.75) is 6.92 Å². The summed E-state index contributed by atoms with van der Waals surface area (Å²) in [5, 5.41) is 8.42. The topological polar surface area (TPSA) is 89.6 Å². The largest absolute Gasteiger partial charge is 0.481 e. The minimum atomic E-state index is -1.11. The van der Waals surface area contributed by atoms with Crippen LogP contribution >= 0.6 is 0 Å². The van der Waals surface area contributed by atoms with Crippen molar-refractivity contribution < 1.29 is 19.4 Å². The first-order valence-electron chi connectivity index (χ1n) is 4.25. The van der Waals surface area contributed by atoms with Gasteiger partial charge in [-0.1, -0.05) is 11.6 Å². The number of primary amides is 1. The van der Waals surface area contributed by atoms with E-state index >= 15 is 0 Å². The molecule has 0 unspecified atom stereocenters. The highest BCUT2D eigenvalue weighted by Gasteiger charge is 2.10. The number of ether oxygens (including phenoxy) is 1. The van der Waals surface area contributed by atoms with E-state index in [4.69, 9.17) is 15.6 Å². The smallest absolute Gasteiger partial charge is 0.341 e. The molecule has 0 atom stereocenters. The van der Waals surface area contributed by atoms with Gasteiger partial charge in [-0.05, 0) is 19.1 Å². The monoisotopic (exact) mass is 209 g/mol. The first kappa shape index (κ1) is 11.0. The Bertz CT molecular complexity index is 400. The fraction of sp³-hybridized carbons (Fsp3) is 0.200. The molecule has 0 saturated heterocycles. The molecule has 0 saturated carbocycles. The number of carboxylic acids is 1. The number of aliphatic carboxylic acids is 1. The third kappa shape index (κ3) is 2.98. The summed E-state index contributed by atoms with van der Waals surface area (Å²) in [5.41, 5.74) is 6.17. The number of carboxylic acid groups (broad SMARTS) is 1. The molecule has 1 rings (SSSR count). The van der Waals surface area contributed by atoms with Gasteiger partial charge in [0.25, 0.3) is 5.91 Å². The van der Waals surface area contributed by atoms with Crippen molar-refractivity contribution in [2.75, 3.05) is 6.61 Å². The lowest BCUT2D eigenvalue weighted by Gasteiger charge is -2.07. The Balaban J connectivity index is 2.95. The van der Waals surface area contributed by atoms with Gasteiger partial charge in [0.1, 0.15) is 5.75 Å². The lowest BCUT2D eigenvalue weighted by molar-refractivity contribution is -0.139. The van der Waals surface area contributed by atoms with E-state index in [1.165, 1.54) is 6.07 Å². The van der Waals surface area contributed by atoms with Crippen LogP contribution in [0.4, 0.5) is 0 Å². The fourth-order valence-electron chi connectivity index (χ4n) is 1.10. The van der Waals surface area contributed by atoms with Gasteiger partial charge >= 0.3 is 5.97 Å². The first-order valence-corrected chi connectivity index (χ1v) is 4.25. The number of hydrogen-bond donors (Lipinski definition) is 2. The van der Waals surface area contributed by atoms with Crippen LogP contribution in [0.1, 0.15) is 15.9 Å². The van der Waals surface area contributed by atoms with Gasteiger partial charge in [0.15, 0.2) is 6.61 Å². The molecule has 1 aromatic rings. The second-order valence-corrected chi connectivity index (χ2v) is 3.05. The Morgan fingerprint density at radius 1 is 1.47 bits per heavy atom. The van der Waals surface area contributed by atoms with E-state index in [0.717, 1.165) is 5.56 Å². The highest BCUT2D eigenvalue weighted by Crippen LogP contribution is 2.19. The van der Waals surface area contributed by atoms with Crippen LogP contribution in [0.5, 0.6) is 5.75 Å². The normalized spacial score (nSPS) is 9.67. The van der Waals surface area contributed by atoms with E-state index in [-0.39, 0.29) is 11.3 Å². The van der Waals surface area contributed by atoms with Crippen molar-refractivity contribution in [3.05, 3.63) is 29.3 Å². The maximum Gasteiger partial charge on any atom is 0.341 e. The average Bonchev–Trinajstić information content (AvgIpc) is 2.15. The molecule has 3 N–H and O–H groups in total. The maximum atomic E-state index is 11.0. The van der Waals surface area contributed by atoms with Crippen molar-refractivity contribution in [3.63, 3.8) is 0 Å². The second-order valence-electron chi connectivity index (χ2n) is 3.05. The summed E-state index contributed by atoms with van der Waals surface area (Å²) in [6, 6.07) is 4.79. The second kappa shape index (κ2) is 4.45. The van der Waals surface area contributed by atoms with Gasteiger partial charge in [0.2, 0.25) is 0 Å². The predicted molar refractivity (Wildman–Crippen MR) is 52.8 cm³/mol. The number of amides is 1. The molecule has 0 aliphatic rings. The van der Waals surface area contributed by atoms with Crippen LogP contribution < -0.4 is 10.5 Å². The number of carbonyl (C=O) groups excluding carboxylic acids is 1. The van der Waals surface area contributed by atoms with Gasteiger partial charge in [-0.25, -0.2) is 4.79 Å². The lowest BCUT2D eigenvalue weighted by Crippen LogP contribution is -2.16. The number of rotatable bonds is 4. The Morgan fingerprint density at radius 3 is 2.67 bits per heavy atom. The van der Waals surface area contributed by atoms with Crippen molar-refractivity contribution >= 4 is 11.9 Å². The van der Waals surface area contributed by atoms with Crippen molar-refractivity contribution in [1.29, 1.82) is 0 Å². The third-order valence-electron chi connectivity index (χ3n) is 1.75. The summed E-state index contributed by atoms with van der Waals surface area (Å²) in [7, 11) is 0. The summed E-state index contributed by atoms with van der Waals surface area (Å²) >= 11 is 0. The Kier molecular flexibility index (Phi) is 3.28. The van der Waals surface area contributed by atoms with Crippen molar-refractivity contribution in [1.82, 2.24) is 0 Å². The predicted octanol–water partition coefficient (Wildman–Crippen LogP) is 0.557. The summed E-state index contributed by atoms with van der Waals surface area (Å²) in [6.45, 7) is 1.30. The van der Waals surface area contributed by atoms with Crippen molar-refractivity contribution in [2.24, 2.45) is 5.73 Å². The zero-order chi connectivity index (χ0) is 11.4. The van der Waals surface area contributed by atoms with E-state index in [9.17, 15) is 9.59 Å². The van der Waals surface area contributed by atoms with Gasteiger partial charge in [0.05, 0.1) is 5.56 Å². The molecule has 5 nitrogen and oxygen atoms in total. The molecule has 1 amide bonds. The molecule has 0 fully saturated rings. The number of carbonyl (C=O) groups is 2. The number of aryl methyl sites for hydroxylation is 1. The molecular weight excluding hydrogens is 198 g/mol. The molecular formula is C10H11NO4. The zero-order valence-electron chi connectivity index (χ0n) is 8.19. The number of nitrogens with two attached hydrogens (primary N) is 1. The van der Waals surface area contributed by atoms with Gasteiger partial charge in [0, 0.05) is 0 Å². The molecule has 0 spiro atoms. The number of hydrogen-bond acceptors (Lipinski definition) is 3. The number of benzene rings is 1. The summed E-state index contributed by atoms with van der Waals surface area (Å²) < 4.78 is 4.91. The third-order valence-corrected chi connectivity index (χ3v) is 1.75. The molecule has 80 valence electrons. The minimum absolute atomic E-state index is 0.190. The van der Waals surface area contributed by atoms with Gasteiger partial charge in [-0.2, -0.15) is 0 Å². The summed E-state index contributed by atoms with van der Waals surface area (Å²) in [6.07, 6.45) is 0. The molecule has 0 aliphatic heterocycles. The van der Waals surface area contributed by atoms with E-state index in [2.05, 4.69) is 0 Å². The summed E-state index contributed by atoms with van der Waals surface area (Å²) in [4.78, 5) is 21.3. The molecule has 1 aromatic carbocycles. The van der Waals surface area contributed by atoms with Gasteiger partial charge in [-0.15, -0.1) is 0 Å². The van der Waals surface area contributed by atoms with Gasteiger partial charge in [-0.3, -0.25) is 4.79 Å². The van der Waals surface area contributed by atoms with E-state index in [1.807, 2.05) is 0 Å². The van der Waals surface area contributed by atoms with Crippen molar-refractivity contribution in [3.8, 4) is 5.75 Å². The standard InChI is InChI=1S/C10H11NO4/c1-6-2-3-8(15-5-9(12)13)7(4-6)10(11)14/h2-4H,5H2,1H3,(H2,11,14)(H,12,13). The zero-order valence-corrected chi connectivity index (χ0v) is 8.19. The minimum Gasteiger partial charge on any atom is -0.481 e. The highest BCUT2D eigenvalue weighted by atomic mass is 16.5. The quantitative estimate of drug-likeness (QED) is 0.758. The van der Waals surface area contributed by atoms with Crippen LogP contribution in [0.2, 0.25) is 0 Å². The van der Waals surface area contributed by atoms with Crippen LogP contribution in [-0.2, 0) is 4.79 Å². The van der Waals surface area contributed by atoms with Crippen LogP contribution in [0.15, 0.2) is 18.2 Å². The van der Waals surface area contributed by atoms with E-state index < -0.39 is 18.5 Å². The Morgan fingerprint density at radius 2 is 2.13 bits per heavy atom. The maximum absolute atomic E-state index is 11.0. The average molecular weight is 209 g/mol. The molecule has 15 heavy (non-hydrogen) atoms. The lowest BCUT2D eigenvalue weighted by atomic mass is 10.1. The first-order chi connectivity index (χ1) is 7.00. The molecule has 0 heterocycles. The van der Waals surface area contributed by atoms with E-state index in [0.29, 0.717) is 0 Å². The molecule has 0 aliphatic carbocycles. The summed E-state index contributed by atoms with van der Waals surface area (Å²) in [5.74, 6) is -1.56. The molecule has 0 bridgehead atoms. The SMILES string of the molecule is Cc1ccc(OCC(=O)O)c(C(N)=O)c1. The highest BCUT2D eigenvalue weighted by molar-refractivity contribution is 5.95. The van der Waals surface area contributed by atoms with Gasteiger partial charge < -0.3 is 15.6 Å². The van der Waals surface area contributed by atoms with Crippen LogP contribution in [0, 0.1) is 6.92 Å². The van der Waals surface area contributed by atoms with Crippen LogP contribution in [0.3, 0.4) is 0 Å². The molecule has 0 aromatic heterocycles.